The number of nitrogens with zero attached hydrogens (tertiary/aromatic N) is 1. The van der Waals surface area contributed by atoms with E-state index in [1.165, 1.54) is 5.56 Å². The van der Waals surface area contributed by atoms with Gasteiger partial charge in [0.05, 0.1) is 36.2 Å². The molecule has 35 heavy (non-hydrogen) atoms. The van der Waals surface area contributed by atoms with Gasteiger partial charge in [0.2, 0.25) is 15.9 Å². The van der Waals surface area contributed by atoms with Crippen LogP contribution in [0, 0.1) is 12.8 Å². The number of aliphatic hydroxyl groups excluding tert-OH is 1. The predicted molar refractivity (Wildman–Crippen MR) is 134 cm³/mol. The number of carbonyl (C=O) groups excluding carboxylic acids is 1. The van der Waals surface area contributed by atoms with Crippen LogP contribution in [0.1, 0.15) is 43.2 Å². The summed E-state index contributed by atoms with van der Waals surface area (Å²) >= 11 is 0. The maximum absolute atomic E-state index is 12.9. The fraction of sp³-hybridized carbons (Fsp3) is 0.519. The molecule has 2 heterocycles. The summed E-state index contributed by atoms with van der Waals surface area (Å²) in [6.07, 6.45) is 3.37. The van der Waals surface area contributed by atoms with E-state index < -0.39 is 22.2 Å². The monoisotopic (exact) mass is 500 g/mol. The molecule has 1 amide bonds. The van der Waals surface area contributed by atoms with Crippen molar-refractivity contribution >= 4 is 15.9 Å². The number of hydrogen-bond donors (Lipinski definition) is 2. The van der Waals surface area contributed by atoms with Gasteiger partial charge in [0.25, 0.3) is 0 Å². The number of aryl methyl sites for hydroxylation is 1. The number of ether oxygens (including phenoxy) is 1. The Morgan fingerprint density at radius 1 is 1.03 bits per heavy atom. The van der Waals surface area contributed by atoms with Crippen LogP contribution < -0.4 is 4.72 Å². The lowest BCUT2D eigenvalue weighted by Gasteiger charge is -2.37. The maximum atomic E-state index is 12.9. The van der Waals surface area contributed by atoms with E-state index in [1.54, 1.807) is 24.3 Å². The molecule has 190 valence electrons. The van der Waals surface area contributed by atoms with Crippen LogP contribution in [0.2, 0.25) is 0 Å². The van der Waals surface area contributed by atoms with Gasteiger partial charge in [0, 0.05) is 13.1 Å². The first-order valence-electron chi connectivity index (χ1n) is 12.5. The van der Waals surface area contributed by atoms with Crippen molar-refractivity contribution in [3.63, 3.8) is 0 Å². The van der Waals surface area contributed by atoms with Crippen molar-refractivity contribution in [2.75, 3.05) is 19.7 Å². The number of nitrogens with one attached hydrogen (secondary N) is 1. The van der Waals surface area contributed by atoms with Gasteiger partial charge in [-0.3, -0.25) is 4.79 Å². The summed E-state index contributed by atoms with van der Waals surface area (Å²) in [4.78, 5) is 15.0. The van der Waals surface area contributed by atoms with E-state index in [9.17, 15) is 18.3 Å². The number of hydrogen-bond acceptors (Lipinski definition) is 5. The molecule has 0 unspecified atom stereocenters. The Bertz CT molecular complexity index is 1070. The second-order valence-corrected chi connectivity index (χ2v) is 11.5. The summed E-state index contributed by atoms with van der Waals surface area (Å²) in [5.41, 5.74) is 2.32. The van der Waals surface area contributed by atoms with Gasteiger partial charge >= 0.3 is 0 Å². The van der Waals surface area contributed by atoms with Crippen LogP contribution in [0.5, 0.6) is 0 Å². The molecule has 2 saturated heterocycles. The molecule has 7 nitrogen and oxygen atoms in total. The first kappa shape index (κ1) is 25.8. The minimum atomic E-state index is -3.72. The standard InChI is InChI=1S/C27H36N2O5S/c1-20-7-10-24(11-8-20)35(32,33)28-25-12-9-23(34-26(25)19-30)18-27(31)29-15-13-22(14-16-29)17-21-5-3-2-4-6-21/h2-8,10-11,22-23,25-26,28,30H,9,12-19H2,1H3/t23-,25+,26+/m1/s1. The highest BCUT2D eigenvalue weighted by Gasteiger charge is 2.35. The van der Waals surface area contributed by atoms with Crippen molar-refractivity contribution in [1.29, 1.82) is 0 Å². The lowest BCUT2D eigenvalue weighted by atomic mass is 9.90. The number of aliphatic hydroxyl groups is 1. The molecule has 2 aliphatic heterocycles. The molecule has 0 radical (unpaired) electrons. The molecule has 0 spiro atoms. The van der Waals surface area contributed by atoms with Crippen LogP contribution in [-0.2, 0) is 26.0 Å². The van der Waals surface area contributed by atoms with Crippen LogP contribution in [0.15, 0.2) is 59.5 Å². The lowest BCUT2D eigenvalue weighted by molar-refractivity contribution is -0.141. The number of amides is 1. The number of piperidine rings is 1. The highest BCUT2D eigenvalue weighted by molar-refractivity contribution is 7.89. The molecule has 2 fully saturated rings. The Morgan fingerprint density at radius 3 is 2.37 bits per heavy atom. The zero-order chi connectivity index (χ0) is 24.8. The second-order valence-electron chi connectivity index (χ2n) is 9.82. The highest BCUT2D eigenvalue weighted by atomic mass is 32.2. The summed E-state index contributed by atoms with van der Waals surface area (Å²) in [6.45, 7) is 3.10. The molecule has 2 aromatic rings. The van der Waals surface area contributed by atoms with Gasteiger partial charge in [-0.05, 0) is 62.6 Å². The highest BCUT2D eigenvalue weighted by Crippen LogP contribution is 2.26. The van der Waals surface area contributed by atoms with Crippen LogP contribution in [-0.4, -0.2) is 62.3 Å². The summed E-state index contributed by atoms with van der Waals surface area (Å²) in [5.74, 6) is 0.664. The van der Waals surface area contributed by atoms with Crippen LogP contribution in [0.4, 0.5) is 0 Å². The molecule has 2 aliphatic rings. The van der Waals surface area contributed by atoms with Crippen molar-refractivity contribution in [2.24, 2.45) is 5.92 Å². The topological polar surface area (TPSA) is 95.9 Å². The van der Waals surface area contributed by atoms with E-state index in [0.29, 0.717) is 18.8 Å². The number of likely N-dealkylation sites (tertiary alicyclic amines) is 1. The van der Waals surface area contributed by atoms with Crippen molar-refractivity contribution < 1.29 is 23.1 Å². The number of rotatable bonds is 8. The molecular weight excluding hydrogens is 464 g/mol. The molecule has 2 N–H and O–H groups in total. The average Bonchev–Trinajstić information content (AvgIpc) is 2.86. The quantitative estimate of drug-likeness (QED) is 0.581. The summed E-state index contributed by atoms with van der Waals surface area (Å²) in [7, 11) is -3.72. The molecule has 0 aromatic heterocycles. The lowest BCUT2D eigenvalue weighted by Crippen LogP contribution is -2.51. The van der Waals surface area contributed by atoms with E-state index in [1.807, 2.05) is 17.9 Å². The van der Waals surface area contributed by atoms with Gasteiger partial charge in [0.1, 0.15) is 0 Å². The molecule has 3 atom stereocenters. The first-order chi connectivity index (χ1) is 16.8. The van der Waals surface area contributed by atoms with Gasteiger partial charge in [-0.2, -0.15) is 0 Å². The third kappa shape index (κ3) is 6.91. The number of sulfonamides is 1. The van der Waals surface area contributed by atoms with E-state index in [4.69, 9.17) is 4.74 Å². The molecule has 4 rings (SSSR count). The summed E-state index contributed by atoms with van der Waals surface area (Å²) < 4.78 is 34.2. The Morgan fingerprint density at radius 2 is 1.71 bits per heavy atom. The van der Waals surface area contributed by atoms with Crippen LogP contribution in [0.3, 0.4) is 0 Å². The fourth-order valence-corrected chi connectivity index (χ4v) is 6.36. The Balaban J connectivity index is 1.25. The molecule has 0 bridgehead atoms. The number of benzene rings is 2. The van der Waals surface area contributed by atoms with E-state index in [-0.39, 0.29) is 29.9 Å². The Hall–Kier alpha value is -2.26. The fourth-order valence-electron chi connectivity index (χ4n) is 5.06. The third-order valence-electron chi connectivity index (χ3n) is 7.17. The molecule has 0 saturated carbocycles. The zero-order valence-corrected chi connectivity index (χ0v) is 21.1. The molecule has 0 aliphatic carbocycles. The average molecular weight is 501 g/mol. The third-order valence-corrected chi connectivity index (χ3v) is 8.68. The first-order valence-corrected chi connectivity index (χ1v) is 14.0. The van der Waals surface area contributed by atoms with Gasteiger partial charge in [-0.15, -0.1) is 0 Å². The van der Waals surface area contributed by atoms with Crippen molar-refractivity contribution in [3.05, 3.63) is 65.7 Å². The van der Waals surface area contributed by atoms with Crippen molar-refractivity contribution in [2.45, 2.75) is 68.6 Å². The zero-order valence-electron chi connectivity index (χ0n) is 20.3. The number of carbonyl (C=O) groups is 1. The largest absolute Gasteiger partial charge is 0.394 e. The van der Waals surface area contributed by atoms with E-state index >= 15 is 0 Å². The van der Waals surface area contributed by atoms with Gasteiger partial charge in [0.15, 0.2) is 0 Å². The maximum Gasteiger partial charge on any atom is 0.240 e. The molecular formula is C27H36N2O5S. The molecule has 2 aromatic carbocycles. The predicted octanol–water partition coefficient (Wildman–Crippen LogP) is 3.05. The van der Waals surface area contributed by atoms with Crippen molar-refractivity contribution in [1.82, 2.24) is 9.62 Å². The summed E-state index contributed by atoms with van der Waals surface area (Å²) in [6, 6.07) is 16.6. The van der Waals surface area contributed by atoms with E-state index in [2.05, 4.69) is 29.0 Å². The summed E-state index contributed by atoms with van der Waals surface area (Å²) in [5, 5.41) is 9.86. The SMILES string of the molecule is Cc1ccc(S(=O)(=O)N[C@H]2CC[C@H](CC(=O)N3CCC(Cc4ccccc4)CC3)O[C@H]2CO)cc1. The minimum absolute atomic E-state index is 0.0727. The van der Waals surface area contributed by atoms with Crippen molar-refractivity contribution in [3.8, 4) is 0 Å². The normalized spacial score (nSPS) is 23.8. The second kappa shape index (κ2) is 11.6. The molecule has 8 heteroatoms. The van der Waals surface area contributed by atoms with Gasteiger partial charge < -0.3 is 14.7 Å². The van der Waals surface area contributed by atoms with Crippen LogP contribution in [0.25, 0.3) is 0 Å². The van der Waals surface area contributed by atoms with Gasteiger partial charge in [-0.1, -0.05) is 48.0 Å². The van der Waals surface area contributed by atoms with Gasteiger partial charge in [-0.25, -0.2) is 13.1 Å². The Labute approximate surface area is 208 Å². The van der Waals surface area contributed by atoms with E-state index in [0.717, 1.165) is 37.9 Å². The minimum Gasteiger partial charge on any atom is -0.394 e. The Kier molecular flexibility index (Phi) is 8.59. The van der Waals surface area contributed by atoms with Crippen LogP contribution >= 0.6 is 0 Å². The smallest absolute Gasteiger partial charge is 0.240 e.